The van der Waals surface area contributed by atoms with Gasteiger partial charge in [-0.05, 0) is 52.7 Å². The molecule has 7 heteroatoms. The molecule has 1 saturated heterocycles. The minimum Gasteiger partial charge on any atom is -0.493 e. The molecule has 1 amide bonds. The average Bonchev–Trinajstić information content (AvgIpc) is 2.75. The molecule has 1 fully saturated rings. The summed E-state index contributed by atoms with van der Waals surface area (Å²) < 4.78 is 11.7. The third-order valence-corrected chi connectivity index (χ3v) is 5.50. The number of methoxy groups -OCH3 is 1. The van der Waals surface area contributed by atoms with Crippen molar-refractivity contribution in [3.05, 3.63) is 57.6 Å². The molecule has 152 valence electrons. The number of nitriles is 1. The lowest BCUT2D eigenvalue weighted by Crippen LogP contribution is -2.48. The van der Waals surface area contributed by atoms with E-state index in [9.17, 15) is 4.79 Å². The topological polar surface area (TPSA) is 65.8 Å². The van der Waals surface area contributed by atoms with Crippen LogP contribution in [0.2, 0.25) is 0 Å². The zero-order chi connectivity index (χ0) is 20.8. The molecular formula is C22H24BrN3O3. The Bertz CT molecular complexity index is 901. The zero-order valence-electron chi connectivity index (χ0n) is 16.7. The number of piperazine rings is 1. The number of carbonyl (C=O) groups is 1. The van der Waals surface area contributed by atoms with E-state index in [4.69, 9.17) is 14.7 Å². The van der Waals surface area contributed by atoms with E-state index in [1.165, 1.54) is 5.56 Å². The maximum absolute atomic E-state index is 13.0. The number of rotatable bonds is 6. The van der Waals surface area contributed by atoms with Crippen LogP contribution in [0.25, 0.3) is 0 Å². The van der Waals surface area contributed by atoms with Crippen LogP contribution in [0.15, 0.2) is 40.9 Å². The second-order valence-corrected chi connectivity index (χ2v) is 7.65. The number of halogens is 1. The van der Waals surface area contributed by atoms with Crippen molar-refractivity contribution < 1.29 is 14.3 Å². The molecule has 0 aliphatic carbocycles. The fraction of sp³-hybridized carbons (Fsp3) is 0.364. The van der Waals surface area contributed by atoms with Gasteiger partial charge in [0.1, 0.15) is 0 Å². The van der Waals surface area contributed by atoms with Crippen molar-refractivity contribution in [3.63, 3.8) is 0 Å². The van der Waals surface area contributed by atoms with Crippen molar-refractivity contribution >= 4 is 21.8 Å². The van der Waals surface area contributed by atoms with Crippen molar-refractivity contribution in [3.8, 4) is 17.6 Å². The number of ether oxygens (including phenoxy) is 2. The highest BCUT2D eigenvalue weighted by Crippen LogP contribution is 2.37. The summed E-state index contributed by atoms with van der Waals surface area (Å²) in [5.74, 6) is 1.15. The first-order valence-corrected chi connectivity index (χ1v) is 10.4. The van der Waals surface area contributed by atoms with Crippen molar-refractivity contribution in [1.29, 1.82) is 5.26 Å². The Balaban J connectivity index is 1.62. The minimum absolute atomic E-state index is 0.00919. The van der Waals surface area contributed by atoms with Crippen LogP contribution in [0.1, 0.15) is 28.4 Å². The van der Waals surface area contributed by atoms with Crippen LogP contribution in [0, 0.1) is 11.3 Å². The molecule has 1 heterocycles. The smallest absolute Gasteiger partial charge is 0.254 e. The summed E-state index contributed by atoms with van der Waals surface area (Å²) >= 11 is 3.48. The second kappa shape index (κ2) is 9.77. The number of amides is 1. The van der Waals surface area contributed by atoms with E-state index in [2.05, 4.69) is 26.9 Å². The molecule has 1 aliphatic rings. The molecule has 0 saturated carbocycles. The standard InChI is InChI=1S/C22H24BrN3O3/c1-3-29-21-19(23)12-18(13-20(21)28-2)22(27)26-10-8-25(9-11-26)15-17-6-4-16(14-24)5-7-17/h4-7,12-13H,3,8-11,15H2,1-2H3. The predicted octanol–water partition coefficient (Wildman–Crippen LogP) is 3.69. The van der Waals surface area contributed by atoms with Crippen LogP contribution in [-0.4, -0.2) is 55.6 Å². The second-order valence-electron chi connectivity index (χ2n) is 6.80. The lowest BCUT2D eigenvalue weighted by atomic mass is 10.1. The summed E-state index contributed by atoms with van der Waals surface area (Å²) in [5.41, 5.74) is 2.42. The lowest BCUT2D eigenvalue weighted by Gasteiger charge is -2.35. The van der Waals surface area contributed by atoms with Gasteiger partial charge in [0, 0.05) is 38.3 Å². The molecule has 2 aromatic carbocycles. The van der Waals surface area contributed by atoms with E-state index >= 15 is 0 Å². The molecule has 3 rings (SSSR count). The molecular weight excluding hydrogens is 434 g/mol. The highest BCUT2D eigenvalue weighted by molar-refractivity contribution is 9.10. The molecule has 1 aliphatic heterocycles. The Morgan fingerprint density at radius 1 is 1.17 bits per heavy atom. The van der Waals surface area contributed by atoms with Crippen LogP contribution >= 0.6 is 15.9 Å². The predicted molar refractivity (Wildman–Crippen MR) is 114 cm³/mol. The van der Waals surface area contributed by atoms with Crippen molar-refractivity contribution in [2.75, 3.05) is 39.9 Å². The van der Waals surface area contributed by atoms with E-state index < -0.39 is 0 Å². The number of benzene rings is 2. The zero-order valence-corrected chi connectivity index (χ0v) is 18.2. The van der Waals surface area contributed by atoms with E-state index in [0.717, 1.165) is 19.6 Å². The van der Waals surface area contributed by atoms with E-state index in [0.29, 0.717) is 46.8 Å². The Labute approximate surface area is 179 Å². The maximum Gasteiger partial charge on any atom is 0.254 e. The third kappa shape index (κ3) is 5.08. The number of hydrogen-bond acceptors (Lipinski definition) is 5. The summed E-state index contributed by atoms with van der Waals surface area (Å²) in [6.07, 6.45) is 0. The molecule has 0 N–H and O–H groups in total. The Hall–Kier alpha value is -2.56. The molecule has 0 atom stereocenters. The van der Waals surface area contributed by atoms with E-state index in [1.807, 2.05) is 36.1 Å². The largest absolute Gasteiger partial charge is 0.493 e. The van der Waals surface area contributed by atoms with Crippen LogP contribution in [-0.2, 0) is 6.54 Å². The summed E-state index contributed by atoms with van der Waals surface area (Å²) in [6.45, 7) is 6.19. The summed E-state index contributed by atoms with van der Waals surface area (Å²) in [7, 11) is 1.57. The van der Waals surface area contributed by atoms with Crippen molar-refractivity contribution in [2.24, 2.45) is 0 Å². The normalized spacial score (nSPS) is 14.3. The fourth-order valence-corrected chi connectivity index (χ4v) is 3.92. The minimum atomic E-state index is -0.00919. The van der Waals surface area contributed by atoms with Gasteiger partial charge in [-0.25, -0.2) is 0 Å². The van der Waals surface area contributed by atoms with Gasteiger partial charge in [0.15, 0.2) is 11.5 Å². The highest BCUT2D eigenvalue weighted by Gasteiger charge is 2.24. The number of nitrogens with zero attached hydrogens (tertiary/aromatic N) is 3. The first-order chi connectivity index (χ1) is 14.0. The first kappa shape index (κ1) is 21.2. The quantitative estimate of drug-likeness (QED) is 0.661. The van der Waals surface area contributed by atoms with Gasteiger partial charge in [-0.2, -0.15) is 5.26 Å². The molecule has 6 nitrogen and oxygen atoms in total. The molecule has 2 aromatic rings. The third-order valence-electron chi connectivity index (χ3n) is 4.91. The van der Waals surface area contributed by atoms with Gasteiger partial charge in [0.05, 0.1) is 29.8 Å². The molecule has 0 unspecified atom stereocenters. The van der Waals surface area contributed by atoms with Gasteiger partial charge in [-0.15, -0.1) is 0 Å². The van der Waals surface area contributed by atoms with Crippen LogP contribution in [0.4, 0.5) is 0 Å². The molecule has 0 spiro atoms. The molecule has 0 aromatic heterocycles. The van der Waals surface area contributed by atoms with Gasteiger partial charge in [0.2, 0.25) is 0 Å². The molecule has 29 heavy (non-hydrogen) atoms. The van der Waals surface area contributed by atoms with E-state index in [1.54, 1.807) is 19.2 Å². The number of hydrogen-bond donors (Lipinski definition) is 0. The van der Waals surface area contributed by atoms with Gasteiger partial charge in [-0.1, -0.05) is 12.1 Å². The molecule has 0 bridgehead atoms. The van der Waals surface area contributed by atoms with Gasteiger partial charge in [0.25, 0.3) is 5.91 Å². The maximum atomic E-state index is 13.0. The van der Waals surface area contributed by atoms with Crippen molar-refractivity contribution in [2.45, 2.75) is 13.5 Å². The van der Waals surface area contributed by atoms with Crippen LogP contribution < -0.4 is 9.47 Å². The Kier molecular flexibility index (Phi) is 7.13. The monoisotopic (exact) mass is 457 g/mol. The first-order valence-electron chi connectivity index (χ1n) is 9.56. The van der Waals surface area contributed by atoms with Crippen LogP contribution in [0.3, 0.4) is 0 Å². The fourth-order valence-electron chi connectivity index (χ4n) is 3.36. The summed E-state index contributed by atoms with van der Waals surface area (Å²) in [4.78, 5) is 17.2. The molecule has 0 radical (unpaired) electrons. The van der Waals surface area contributed by atoms with E-state index in [-0.39, 0.29) is 5.91 Å². The highest BCUT2D eigenvalue weighted by atomic mass is 79.9. The lowest BCUT2D eigenvalue weighted by molar-refractivity contribution is 0.0628. The number of carbonyl (C=O) groups excluding carboxylic acids is 1. The summed E-state index contributed by atoms with van der Waals surface area (Å²) in [6, 6.07) is 13.3. The average molecular weight is 458 g/mol. The van der Waals surface area contributed by atoms with Gasteiger partial charge >= 0.3 is 0 Å². The van der Waals surface area contributed by atoms with Crippen molar-refractivity contribution in [1.82, 2.24) is 9.80 Å². The summed E-state index contributed by atoms with van der Waals surface area (Å²) in [5, 5.41) is 8.90. The van der Waals surface area contributed by atoms with Gasteiger partial charge in [-0.3, -0.25) is 9.69 Å². The SMILES string of the molecule is CCOc1c(Br)cc(C(=O)N2CCN(Cc3ccc(C#N)cc3)CC2)cc1OC. The van der Waals surface area contributed by atoms with Gasteiger partial charge < -0.3 is 14.4 Å². The Morgan fingerprint density at radius 2 is 1.86 bits per heavy atom. The Morgan fingerprint density at radius 3 is 2.45 bits per heavy atom. The van der Waals surface area contributed by atoms with Crippen LogP contribution in [0.5, 0.6) is 11.5 Å².